The summed E-state index contributed by atoms with van der Waals surface area (Å²) in [7, 11) is 0. The molecule has 1 atom stereocenters. The van der Waals surface area contributed by atoms with E-state index in [1.165, 1.54) is 0 Å². The zero-order valence-electron chi connectivity index (χ0n) is 17.7. The summed E-state index contributed by atoms with van der Waals surface area (Å²) in [5, 5.41) is 3.89. The quantitative estimate of drug-likeness (QED) is 0.666. The van der Waals surface area contributed by atoms with E-state index >= 15 is 0 Å². The van der Waals surface area contributed by atoms with Crippen LogP contribution in [0.2, 0.25) is 5.02 Å². The van der Waals surface area contributed by atoms with E-state index in [1.807, 2.05) is 37.3 Å². The van der Waals surface area contributed by atoms with Crippen molar-refractivity contribution in [2.75, 3.05) is 31.2 Å². The maximum absolute atomic E-state index is 12.7. The molecular weight excluding hydrogens is 412 g/mol. The van der Waals surface area contributed by atoms with Crippen molar-refractivity contribution in [3.05, 3.63) is 53.1 Å². The number of ether oxygens (including phenoxy) is 1. The Hall–Kier alpha value is -2.57. The van der Waals surface area contributed by atoms with Crippen molar-refractivity contribution in [2.45, 2.75) is 32.2 Å². The molecule has 5 rings (SSSR count). The van der Waals surface area contributed by atoms with Gasteiger partial charge in [0.05, 0.1) is 23.7 Å². The molecule has 1 amide bonds. The zero-order chi connectivity index (χ0) is 21.4. The molecule has 2 aliphatic heterocycles. The number of rotatable bonds is 4. The van der Waals surface area contributed by atoms with Crippen LogP contribution in [-0.2, 0) is 9.53 Å². The van der Waals surface area contributed by atoms with Crippen molar-refractivity contribution in [3.8, 4) is 5.69 Å². The van der Waals surface area contributed by atoms with Crippen LogP contribution in [0.15, 0.2) is 42.5 Å². The van der Waals surface area contributed by atoms with Crippen LogP contribution in [0.25, 0.3) is 16.7 Å². The third-order valence-corrected chi connectivity index (χ3v) is 6.76. The monoisotopic (exact) mass is 438 g/mol. The van der Waals surface area contributed by atoms with Crippen LogP contribution in [0, 0.1) is 12.8 Å². The molecule has 0 unspecified atom stereocenters. The van der Waals surface area contributed by atoms with Gasteiger partial charge in [0.2, 0.25) is 11.9 Å². The number of piperidine rings is 1. The van der Waals surface area contributed by atoms with Gasteiger partial charge in [0, 0.05) is 36.3 Å². The Balaban J connectivity index is 1.41. The maximum atomic E-state index is 12.7. The highest BCUT2D eigenvalue weighted by molar-refractivity contribution is 6.32. The van der Waals surface area contributed by atoms with Crippen molar-refractivity contribution in [2.24, 2.45) is 5.92 Å². The Morgan fingerprint density at radius 2 is 1.94 bits per heavy atom. The van der Waals surface area contributed by atoms with E-state index in [0.29, 0.717) is 6.61 Å². The van der Waals surface area contributed by atoms with Crippen molar-refractivity contribution < 1.29 is 9.53 Å². The van der Waals surface area contributed by atoms with Gasteiger partial charge < -0.3 is 15.0 Å². The average Bonchev–Trinajstić information content (AvgIpc) is 3.42. The number of anilines is 1. The van der Waals surface area contributed by atoms with E-state index in [9.17, 15) is 4.79 Å². The van der Waals surface area contributed by atoms with Crippen LogP contribution in [0.4, 0.5) is 5.95 Å². The summed E-state index contributed by atoms with van der Waals surface area (Å²) in [4.78, 5) is 20.0. The fourth-order valence-corrected chi connectivity index (χ4v) is 4.70. The van der Waals surface area contributed by atoms with Gasteiger partial charge in [0.1, 0.15) is 0 Å². The molecule has 2 aromatic carbocycles. The van der Waals surface area contributed by atoms with Gasteiger partial charge in [-0.15, -0.1) is 0 Å². The number of hydrogen-bond acceptors (Lipinski definition) is 4. The Labute approximate surface area is 187 Å². The molecule has 3 heterocycles. The smallest absolute Gasteiger partial charge is 0.223 e. The molecule has 0 spiro atoms. The molecule has 1 aromatic heterocycles. The molecule has 162 valence electrons. The van der Waals surface area contributed by atoms with Crippen LogP contribution >= 0.6 is 11.6 Å². The largest absolute Gasteiger partial charge is 0.379 e. The molecule has 0 radical (unpaired) electrons. The minimum absolute atomic E-state index is 0.0445. The van der Waals surface area contributed by atoms with Crippen LogP contribution in [0.5, 0.6) is 0 Å². The lowest BCUT2D eigenvalue weighted by molar-refractivity contribution is -0.126. The van der Waals surface area contributed by atoms with Crippen molar-refractivity contribution in [1.29, 1.82) is 0 Å². The second-order valence-corrected chi connectivity index (χ2v) is 8.91. The number of amides is 1. The number of nitrogens with one attached hydrogen (secondary N) is 1. The molecule has 0 bridgehead atoms. The lowest BCUT2D eigenvalue weighted by atomic mass is 9.95. The number of halogens is 1. The van der Waals surface area contributed by atoms with Crippen LogP contribution in [0.3, 0.4) is 0 Å². The highest BCUT2D eigenvalue weighted by atomic mass is 35.5. The summed E-state index contributed by atoms with van der Waals surface area (Å²) < 4.78 is 7.56. The number of fused-ring (bicyclic) bond motifs is 1. The summed E-state index contributed by atoms with van der Waals surface area (Å²) in [6, 6.07) is 14.5. The van der Waals surface area contributed by atoms with Crippen LogP contribution in [0.1, 0.15) is 24.8 Å². The number of aromatic nitrogens is 2. The minimum atomic E-state index is 0.0445. The molecule has 2 aliphatic rings. The van der Waals surface area contributed by atoms with Crippen LogP contribution < -0.4 is 10.2 Å². The Morgan fingerprint density at radius 1 is 1.16 bits per heavy atom. The van der Waals surface area contributed by atoms with E-state index < -0.39 is 0 Å². The molecular formula is C24H27ClN4O2. The molecule has 1 N–H and O–H groups in total. The third kappa shape index (κ3) is 4.02. The number of benzene rings is 2. The fourth-order valence-electron chi connectivity index (χ4n) is 4.54. The van der Waals surface area contributed by atoms with Gasteiger partial charge in [-0.1, -0.05) is 29.8 Å². The predicted molar refractivity (Wildman–Crippen MR) is 123 cm³/mol. The molecule has 7 heteroatoms. The highest BCUT2D eigenvalue weighted by Gasteiger charge is 2.30. The van der Waals surface area contributed by atoms with Gasteiger partial charge in [-0.25, -0.2) is 4.98 Å². The Morgan fingerprint density at radius 3 is 2.65 bits per heavy atom. The maximum Gasteiger partial charge on any atom is 0.223 e. The van der Waals surface area contributed by atoms with Crippen molar-refractivity contribution in [1.82, 2.24) is 14.9 Å². The van der Waals surface area contributed by atoms with Gasteiger partial charge in [0.25, 0.3) is 0 Å². The predicted octanol–water partition coefficient (Wildman–Crippen LogP) is 4.11. The average molecular weight is 439 g/mol. The zero-order valence-corrected chi connectivity index (χ0v) is 18.4. The standard InChI is InChI=1S/C24H27ClN4O2/c1-16-13-21-22(14-20(16)25)29(19-5-3-2-4-6-19)24(27-21)28-10-7-17(8-11-28)23(30)26-18-9-12-31-15-18/h2-6,13-14,17-18H,7-12,15H2,1H3,(H,26,30)/t18-/m1/s1. The van der Waals surface area contributed by atoms with Gasteiger partial charge in [-0.3, -0.25) is 9.36 Å². The van der Waals surface area contributed by atoms with Gasteiger partial charge >= 0.3 is 0 Å². The summed E-state index contributed by atoms with van der Waals surface area (Å²) in [6.45, 7) is 4.96. The number of imidazole rings is 1. The van der Waals surface area contributed by atoms with E-state index in [1.54, 1.807) is 0 Å². The first-order valence-electron chi connectivity index (χ1n) is 11.0. The molecule has 2 fully saturated rings. The van der Waals surface area contributed by atoms with E-state index in [2.05, 4.69) is 26.9 Å². The van der Waals surface area contributed by atoms with Crippen LogP contribution in [-0.4, -0.2) is 47.8 Å². The first-order chi connectivity index (χ1) is 15.1. The topological polar surface area (TPSA) is 59.4 Å². The van der Waals surface area contributed by atoms with Crippen molar-refractivity contribution in [3.63, 3.8) is 0 Å². The summed E-state index contributed by atoms with van der Waals surface area (Å²) in [6.07, 6.45) is 2.54. The minimum Gasteiger partial charge on any atom is -0.379 e. The molecule has 0 saturated carbocycles. The molecule has 3 aromatic rings. The van der Waals surface area contributed by atoms with E-state index in [0.717, 1.165) is 72.2 Å². The highest BCUT2D eigenvalue weighted by Crippen LogP contribution is 2.32. The van der Waals surface area contributed by atoms with Gasteiger partial charge in [0.15, 0.2) is 0 Å². The number of hydrogen-bond donors (Lipinski definition) is 1. The number of carbonyl (C=O) groups is 1. The number of aryl methyl sites for hydroxylation is 1. The van der Waals surface area contributed by atoms with E-state index in [4.69, 9.17) is 21.3 Å². The van der Waals surface area contributed by atoms with Gasteiger partial charge in [-0.2, -0.15) is 0 Å². The lowest BCUT2D eigenvalue weighted by Gasteiger charge is -2.32. The Bertz CT molecular complexity index is 1080. The second-order valence-electron chi connectivity index (χ2n) is 8.50. The fraction of sp³-hybridized carbons (Fsp3) is 0.417. The lowest BCUT2D eigenvalue weighted by Crippen LogP contribution is -2.44. The van der Waals surface area contributed by atoms with Gasteiger partial charge in [-0.05, 0) is 56.0 Å². The summed E-state index contributed by atoms with van der Waals surface area (Å²) >= 11 is 6.46. The number of nitrogens with zero attached hydrogens (tertiary/aromatic N) is 3. The molecule has 2 saturated heterocycles. The first-order valence-corrected chi connectivity index (χ1v) is 11.3. The second kappa shape index (κ2) is 8.52. The summed E-state index contributed by atoms with van der Waals surface area (Å²) in [5.74, 6) is 1.11. The Kier molecular flexibility index (Phi) is 5.59. The SMILES string of the molecule is Cc1cc2nc(N3CCC(C(=O)N[C@@H]4CCOC4)CC3)n(-c3ccccc3)c2cc1Cl. The summed E-state index contributed by atoms with van der Waals surface area (Å²) in [5.41, 5.74) is 4.01. The molecule has 0 aliphatic carbocycles. The van der Waals surface area contributed by atoms with E-state index in [-0.39, 0.29) is 17.9 Å². The first kappa shape index (κ1) is 20.3. The van der Waals surface area contributed by atoms with Crippen molar-refractivity contribution >= 4 is 34.5 Å². The normalized spacial score (nSPS) is 19.8. The molecule has 31 heavy (non-hydrogen) atoms. The molecule has 6 nitrogen and oxygen atoms in total. The number of para-hydroxylation sites is 1. The number of carbonyl (C=O) groups excluding carboxylic acids is 1. The third-order valence-electron chi connectivity index (χ3n) is 6.36.